The summed E-state index contributed by atoms with van der Waals surface area (Å²) in [4.78, 5) is 11.8. The molecular weight excluding hydrogens is 268 g/mol. The van der Waals surface area contributed by atoms with Crippen LogP contribution in [-0.2, 0) is 6.42 Å². The Morgan fingerprint density at radius 3 is 2.69 bits per heavy atom. The number of Topliss-reactive ketones (excluding diaryl/α,β-unsaturated/α-hetero) is 1. The van der Waals surface area contributed by atoms with E-state index in [0.29, 0.717) is 29.7 Å². The van der Waals surface area contributed by atoms with Crippen molar-refractivity contribution >= 4 is 21.7 Å². The van der Waals surface area contributed by atoms with E-state index in [1.54, 1.807) is 0 Å². The summed E-state index contributed by atoms with van der Waals surface area (Å²) < 4.78 is 5.51. The van der Waals surface area contributed by atoms with Crippen LogP contribution in [0.2, 0.25) is 0 Å². The molecule has 1 aromatic carbocycles. The molecule has 0 aromatic heterocycles. The van der Waals surface area contributed by atoms with Crippen molar-refractivity contribution in [1.82, 2.24) is 0 Å². The van der Waals surface area contributed by atoms with E-state index in [9.17, 15) is 4.79 Å². The highest BCUT2D eigenvalue weighted by atomic mass is 79.9. The maximum Gasteiger partial charge on any atom is 0.167 e. The molecule has 0 amide bonds. The molecule has 0 aliphatic rings. The minimum Gasteiger partial charge on any atom is -0.493 e. The van der Waals surface area contributed by atoms with E-state index in [1.807, 2.05) is 25.1 Å². The summed E-state index contributed by atoms with van der Waals surface area (Å²) >= 11 is 3.28. The van der Waals surface area contributed by atoms with Gasteiger partial charge in [-0.05, 0) is 31.0 Å². The second-order valence-electron chi connectivity index (χ2n) is 3.48. The first kappa shape index (κ1) is 13.2. The fourth-order valence-electron chi connectivity index (χ4n) is 1.51. The van der Waals surface area contributed by atoms with Crippen LogP contribution in [0.25, 0.3) is 0 Å². The molecule has 2 nitrogen and oxygen atoms in total. The largest absolute Gasteiger partial charge is 0.493 e. The van der Waals surface area contributed by atoms with Gasteiger partial charge in [-0.3, -0.25) is 4.79 Å². The number of hydrogen-bond donors (Lipinski definition) is 0. The number of ketones is 1. The Morgan fingerprint density at radius 1 is 1.38 bits per heavy atom. The number of rotatable bonds is 6. The summed E-state index contributed by atoms with van der Waals surface area (Å²) in [5.41, 5.74) is 1.89. The topological polar surface area (TPSA) is 26.3 Å². The molecular formula is C13H17BrO2. The van der Waals surface area contributed by atoms with E-state index in [1.165, 1.54) is 5.56 Å². The summed E-state index contributed by atoms with van der Waals surface area (Å²) in [6.07, 6.45) is 1.46. The summed E-state index contributed by atoms with van der Waals surface area (Å²) in [6.45, 7) is 4.60. The Bertz CT molecular complexity index is 361. The third-order valence-corrected chi connectivity index (χ3v) is 2.77. The van der Waals surface area contributed by atoms with Gasteiger partial charge in [0.05, 0.1) is 12.2 Å². The van der Waals surface area contributed by atoms with Gasteiger partial charge in [-0.15, -0.1) is 0 Å². The molecule has 0 radical (unpaired) electrons. The van der Waals surface area contributed by atoms with E-state index in [-0.39, 0.29) is 5.78 Å². The molecule has 0 N–H and O–H groups in total. The molecule has 1 rings (SSSR count). The lowest BCUT2D eigenvalue weighted by atomic mass is 10.0. The SMILES string of the molecule is CCOc1cc(CC)ccc1C(=O)CCBr. The number of halogens is 1. The fraction of sp³-hybridized carbons (Fsp3) is 0.462. The van der Waals surface area contributed by atoms with Gasteiger partial charge in [0.15, 0.2) is 5.78 Å². The zero-order chi connectivity index (χ0) is 12.0. The van der Waals surface area contributed by atoms with E-state index in [0.717, 1.165) is 6.42 Å². The average Bonchev–Trinajstić information content (AvgIpc) is 2.29. The molecule has 0 aliphatic carbocycles. The van der Waals surface area contributed by atoms with Crippen LogP contribution in [0.3, 0.4) is 0 Å². The highest BCUT2D eigenvalue weighted by Crippen LogP contribution is 2.22. The third-order valence-electron chi connectivity index (χ3n) is 2.38. The van der Waals surface area contributed by atoms with Gasteiger partial charge >= 0.3 is 0 Å². The van der Waals surface area contributed by atoms with Crippen molar-refractivity contribution in [2.75, 3.05) is 11.9 Å². The molecule has 0 heterocycles. The van der Waals surface area contributed by atoms with Gasteiger partial charge < -0.3 is 4.74 Å². The first-order chi connectivity index (χ1) is 7.72. The Kier molecular flexibility index (Phi) is 5.53. The van der Waals surface area contributed by atoms with Crippen molar-refractivity contribution in [2.45, 2.75) is 26.7 Å². The van der Waals surface area contributed by atoms with Gasteiger partial charge in [0, 0.05) is 11.8 Å². The van der Waals surface area contributed by atoms with Crippen molar-refractivity contribution in [3.8, 4) is 5.75 Å². The normalized spacial score (nSPS) is 10.2. The second-order valence-corrected chi connectivity index (χ2v) is 4.27. The molecule has 0 aliphatic heterocycles. The molecule has 3 heteroatoms. The van der Waals surface area contributed by atoms with Crippen LogP contribution in [0.15, 0.2) is 18.2 Å². The van der Waals surface area contributed by atoms with Crippen molar-refractivity contribution in [2.24, 2.45) is 0 Å². The van der Waals surface area contributed by atoms with Crippen LogP contribution in [-0.4, -0.2) is 17.7 Å². The van der Waals surface area contributed by atoms with Gasteiger partial charge in [0.1, 0.15) is 5.75 Å². The van der Waals surface area contributed by atoms with Gasteiger partial charge in [-0.1, -0.05) is 28.9 Å². The van der Waals surface area contributed by atoms with Crippen LogP contribution < -0.4 is 4.74 Å². The monoisotopic (exact) mass is 284 g/mol. The molecule has 0 fully saturated rings. The van der Waals surface area contributed by atoms with E-state index >= 15 is 0 Å². The summed E-state index contributed by atoms with van der Waals surface area (Å²) in [7, 11) is 0. The van der Waals surface area contributed by atoms with Crippen molar-refractivity contribution < 1.29 is 9.53 Å². The first-order valence-electron chi connectivity index (χ1n) is 5.57. The van der Waals surface area contributed by atoms with E-state index in [2.05, 4.69) is 22.9 Å². The van der Waals surface area contributed by atoms with Crippen LogP contribution in [0, 0.1) is 0 Å². The van der Waals surface area contributed by atoms with Crippen molar-refractivity contribution in [1.29, 1.82) is 0 Å². The first-order valence-corrected chi connectivity index (χ1v) is 6.70. The summed E-state index contributed by atoms with van der Waals surface area (Å²) in [5.74, 6) is 0.843. The predicted octanol–water partition coefficient (Wildman–Crippen LogP) is 3.62. The number of alkyl halides is 1. The molecule has 0 saturated heterocycles. The average molecular weight is 285 g/mol. The number of carbonyl (C=O) groups excluding carboxylic acids is 1. The smallest absolute Gasteiger partial charge is 0.167 e. The second kappa shape index (κ2) is 6.69. The summed E-state index contributed by atoms with van der Waals surface area (Å²) in [5, 5.41) is 0.687. The molecule has 0 unspecified atom stereocenters. The highest BCUT2D eigenvalue weighted by molar-refractivity contribution is 9.09. The maximum absolute atomic E-state index is 11.8. The number of aryl methyl sites for hydroxylation is 1. The molecule has 1 aromatic rings. The number of ether oxygens (including phenoxy) is 1. The molecule has 0 saturated carbocycles. The Morgan fingerprint density at radius 2 is 2.12 bits per heavy atom. The van der Waals surface area contributed by atoms with Gasteiger partial charge in [0.2, 0.25) is 0 Å². The molecule has 16 heavy (non-hydrogen) atoms. The quantitative estimate of drug-likeness (QED) is 0.589. The number of hydrogen-bond acceptors (Lipinski definition) is 2. The minimum atomic E-state index is 0.128. The van der Waals surface area contributed by atoms with Crippen LogP contribution in [0.1, 0.15) is 36.2 Å². The molecule has 0 spiro atoms. The molecule has 0 bridgehead atoms. The van der Waals surface area contributed by atoms with Crippen LogP contribution in [0.5, 0.6) is 5.75 Å². The Hall–Kier alpha value is -0.830. The number of benzene rings is 1. The highest BCUT2D eigenvalue weighted by Gasteiger charge is 2.12. The minimum absolute atomic E-state index is 0.128. The van der Waals surface area contributed by atoms with Gasteiger partial charge in [-0.2, -0.15) is 0 Å². The molecule has 0 atom stereocenters. The van der Waals surface area contributed by atoms with Crippen LogP contribution >= 0.6 is 15.9 Å². The van der Waals surface area contributed by atoms with Crippen molar-refractivity contribution in [3.63, 3.8) is 0 Å². The Labute approximate surface area is 105 Å². The fourth-order valence-corrected chi connectivity index (χ4v) is 1.87. The van der Waals surface area contributed by atoms with E-state index in [4.69, 9.17) is 4.74 Å². The standard InChI is InChI=1S/C13H17BrO2/c1-3-10-5-6-11(12(15)7-8-14)13(9-10)16-4-2/h5-6,9H,3-4,7-8H2,1-2H3. The molecule has 88 valence electrons. The lowest BCUT2D eigenvalue weighted by Gasteiger charge is -2.10. The number of carbonyl (C=O) groups is 1. The zero-order valence-corrected chi connectivity index (χ0v) is 11.3. The lowest BCUT2D eigenvalue weighted by molar-refractivity contribution is 0.0986. The zero-order valence-electron chi connectivity index (χ0n) is 9.75. The van der Waals surface area contributed by atoms with Gasteiger partial charge in [0.25, 0.3) is 0 Å². The lowest BCUT2D eigenvalue weighted by Crippen LogP contribution is -2.05. The van der Waals surface area contributed by atoms with Crippen LogP contribution in [0.4, 0.5) is 0 Å². The van der Waals surface area contributed by atoms with E-state index < -0.39 is 0 Å². The maximum atomic E-state index is 11.8. The predicted molar refractivity (Wildman–Crippen MR) is 69.7 cm³/mol. The van der Waals surface area contributed by atoms with Gasteiger partial charge in [-0.25, -0.2) is 0 Å². The third kappa shape index (κ3) is 3.34. The Balaban J connectivity index is 3.01. The van der Waals surface area contributed by atoms with Crippen molar-refractivity contribution in [3.05, 3.63) is 29.3 Å². The summed E-state index contributed by atoms with van der Waals surface area (Å²) in [6, 6.07) is 5.82.